The predicted molar refractivity (Wildman–Crippen MR) is 107 cm³/mol. The lowest BCUT2D eigenvalue weighted by atomic mass is 10.2. The molecule has 0 saturated carbocycles. The molecule has 7 heteroatoms. The molecule has 2 aromatic rings. The molecule has 2 saturated heterocycles. The molecule has 2 aliphatic heterocycles. The average molecular weight is 365 g/mol. The van der Waals surface area contributed by atoms with Crippen molar-refractivity contribution in [3.8, 4) is 0 Å². The molecular formula is C20H27N7. The molecule has 0 N–H and O–H groups in total. The zero-order valence-corrected chi connectivity index (χ0v) is 16.1. The highest BCUT2D eigenvalue weighted by atomic mass is 15.3. The number of aromatic nitrogens is 4. The van der Waals surface area contributed by atoms with Gasteiger partial charge >= 0.3 is 0 Å². The van der Waals surface area contributed by atoms with Gasteiger partial charge in [-0.1, -0.05) is 0 Å². The standard InChI is InChI=1S/C20H27N7/c1-15-13-18(25-7-2-3-8-25)24-20(23-15)27-11-9-26(10-12-27)19-16-5-4-6-17(16)21-14-22-19/h13-14H,2-12H2,1H3. The van der Waals surface area contributed by atoms with Gasteiger partial charge < -0.3 is 14.7 Å². The van der Waals surface area contributed by atoms with Crippen LogP contribution in [0.2, 0.25) is 0 Å². The molecule has 1 aliphatic carbocycles. The van der Waals surface area contributed by atoms with Gasteiger partial charge in [-0.2, -0.15) is 4.98 Å². The number of hydrogen-bond acceptors (Lipinski definition) is 7. The summed E-state index contributed by atoms with van der Waals surface area (Å²) in [4.78, 5) is 25.8. The molecule has 5 rings (SSSR count). The third-order valence-corrected chi connectivity index (χ3v) is 5.97. The first kappa shape index (κ1) is 16.7. The number of rotatable bonds is 3. The summed E-state index contributed by atoms with van der Waals surface area (Å²) in [7, 11) is 0. The van der Waals surface area contributed by atoms with Crippen LogP contribution in [0.1, 0.15) is 36.2 Å². The van der Waals surface area contributed by atoms with Crippen molar-refractivity contribution in [2.24, 2.45) is 0 Å². The highest BCUT2D eigenvalue weighted by Crippen LogP contribution is 2.29. The third-order valence-electron chi connectivity index (χ3n) is 5.97. The summed E-state index contributed by atoms with van der Waals surface area (Å²) in [6, 6.07) is 2.12. The Morgan fingerprint density at radius 2 is 1.56 bits per heavy atom. The van der Waals surface area contributed by atoms with Crippen LogP contribution < -0.4 is 14.7 Å². The lowest BCUT2D eigenvalue weighted by Gasteiger charge is -2.36. The summed E-state index contributed by atoms with van der Waals surface area (Å²) < 4.78 is 0. The molecule has 0 atom stereocenters. The van der Waals surface area contributed by atoms with Crippen molar-refractivity contribution in [3.63, 3.8) is 0 Å². The maximum absolute atomic E-state index is 4.89. The van der Waals surface area contributed by atoms with E-state index in [1.54, 1.807) is 6.33 Å². The Morgan fingerprint density at radius 3 is 2.37 bits per heavy atom. The fourth-order valence-electron chi connectivity index (χ4n) is 4.52. The maximum Gasteiger partial charge on any atom is 0.227 e. The fourth-order valence-corrected chi connectivity index (χ4v) is 4.52. The van der Waals surface area contributed by atoms with Gasteiger partial charge in [0.15, 0.2) is 0 Å². The lowest BCUT2D eigenvalue weighted by molar-refractivity contribution is 0.630. The van der Waals surface area contributed by atoms with Crippen molar-refractivity contribution in [2.75, 3.05) is 54.0 Å². The van der Waals surface area contributed by atoms with E-state index in [1.165, 1.54) is 30.5 Å². The highest BCUT2D eigenvalue weighted by Gasteiger charge is 2.26. The zero-order valence-electron chi connectivity index (χ0n) is 16.1. The van der Waals surface area contributed by atoms with Gasteiger partial charge in [-0.15, -0.1) is 0 Å². The monoisotopic (exact) mass is 365 g/mol. The van der Waals surface area contributed by atoms with Gasteiger partial charge in [0.2, 0.25) is 5.95 Å². The first-order valence-corrected chi connectivity index (χ1v) is 10.2. The molecule has 142 valence electrons. The van der Waals surface area contributed by atoms with E-state index in [1.807, 2.05) is 0 Å². The number of anilines is 3. The van der Waals surface area contributed by atoms with Crippen LogP contribution in [0.25, 0.3) is 0 Å². The Balaban J connectivity index is 1.32. The zero-order chi connectivity index (χ0) is 18.2. The number of piperazine rings is 1. The van der Waals surface area contributed by atoms with E-state index in [9.17, 15) is 0 Å². The summed E-state index contributed by atoms with van der Waals surface area (Å²) in [5.41, 5.74) is 3.67. The van der Waals surface area contributed by atoms with Gasteiger partial charge in [-0.3, -0.25) is 0 Å². The second-order valence-corrected chi connectivity index (χ2v) is 7.81. The third kappa shape index (κ3) is 3.19. The predicted octanol–water partition coefficient (Wildman–Crippen LogP) is 1.99. The van der Waals surface area contributed by atoms with E-state index in [-0.39, 0.29) is 0 Å². The molecule has 2 fully saturated rings. The summed E-state index contributed by atoms with van der Waals surface area (Å²) in [5, 5.41) is 0. The Hall–Kier alpha value is -2.44. The van der Waals surface area contributed by atoms with Gasteiger partial charge in [0.1, 0.15) is 18.0 Å². The molecule has 0 bridgehead atoms. The lowest BCUT2D eigenvalue weighted by Crippen LogP contribution is -2.47. The van der Waals surface area contributed by atoms with Crippen molar-refractivity contribution in [1.82, 2.24) is 19.9 Å². The van der Waals surface area contributed by atoms with E-state index in [0.717, 1.165) is 75.4 Å². The van der Waals surface area contributed by atoms with Gasteiger partial charge in [0.25, 0.3) is 0 Å². The van der Waals surface area contributed by atoms with Crippen molar-refractivity contribution >= 4 is 17.6 Å². The van der Waals surface area contributed by atoms with Crippen LogP contribution in [0, 0.1) is 6.92 Å². The van der Waals surface area contributed by atoms with Crippen LogP contribution in [-0.2, 0) is 12.8 Å². The maximum atomic E-state index is 4.89. The first-order valence-electron chi connectivity index (χ1n) is 10.2. The van der Waals surface area contributed by atoms with Gasteiger partial charge in [-0.25, -0.2) is 15.0 Å². The Kier molecular flexibility index (Phi) is 4.30. The molecular weight excluding hydrogens is 338 g/mol. The van der Waals surface area contributed by atoms with Gasteiger partial charge in [0, 0.05) is 62.3 Å². The van der Waals surface area contributed by atoms with Crippen LogP contribution in [0.3, 0.4) is 0 Å². The molecule has 0 aromatic carbocycles. The van der Waals surface area contributed by atoms with E-state index in [4.69, 9.17) is 9.97 Å². The van der Waals surface area contributed by atoms with Crippen LogP contribution >= 0.6 is 0 Å². The molecule has 4 heterocycles. The number of fused-ring (bicyclic) bond motifs is 1. The molecule has 0 spiro atoms. The Morgan fingerprint density at radius 1 is 0.778 bits per heavy atom. The van der Waals surface area contributed by atoms with Crippen LogP contribution in [0.5, 0.6) is 0 Å². The normalized spacial score (nSPS) is 19.7. The molecule has 27 heavy (non-hydrogen) atoms. The largest absolute Gasteiger partial charge is 0.356 e. The van der Waals surface area contributed by atoms with Gasteiger partial charge in [-0.05, 0) is 39.0 Å². The summed E-state index contributed by atoms with van der Waals surface area (Å²) in [6.07, 6.45) is 7.68. The van der Waals surface area contributed by atoms with Crippen molar-refractivity contribution in [1.29, 1.82) is 0 Å². The van der Waals surface area contributed by atoms with Crippen molar-refractivity contribution in [2.45, 2.75) is 39.0 Å². The fraction of sp³-hybridized carbons (Fsp3) is 0.600. The molecule has 2 aromatic heterocycles. The Labute approximate surface area is 160 Å². The number of nitrogens with zero attached hydrogens (tertiary/aromatic N) is 7. The minimum absolute atomic E-state index is 0.879. The topological polar surface area (TPSA) is 61.3 Å². The smallest absolute Gasteiger partial charge is 0.227 e. The van der Waals surface area contributed by atoms with E-state index >= 15 is 0 Å². The molecule has 0 unspecified atom stereocenters. The molecule has 3 aliphatic rings. The van der Waals surface area contributed by atoms with Crippen LogP contribution in [0.15, 0.2) is 12.4 Å². The summed E-state index contributed by atoms with van der Waals surface area (Å²) in [6.45, 7) is 8.08. The van der Waals surface area contributed by atoms with Crippen LogP contribution in [0.4, 0.5) is 17.6 Å². The number of hydrogen-bond donors (Lipinski definition) is 0. The molecule has 0 radical (unpaired) electrons. The second kappa shape index (κ2) is 6.94. The van der Waals surface area contributed by atoms with Crippen molar-refractivity contribution in [3.05, 3.63) is 29.3 Å². The van der Waals surface area contributed by atoms with Gasteiger partial charge in [0.05, 0.1) is 0 Å². The molecule has 7 nitrogen and oxygen atoms in total. The Bertz CT molecular complexity index is 823. The minimum Gasteiger partial charge on any atom is -0.356 e. The van der Waals surface area contributed by atoms with E-state index in [2.05, 4.69) is 37.7 Å². The van der Waals surface area contributed by atoms with Crippen molar-refractivity contribution < 1.29 is 0 Å². The quantitative estimate of drug-likeness (QED) is 0.824. The first-order chi connectivity index (χ1) is 13.3. The highest BCUT2D eigenvalue weighted by molar-refractivity contribution is 5.53. The second-order valence-electron chi connectivity index (χ2n) is 7.81. The average Bonchev–Trinajstić information content (AvgIpc) is 3.39. The van der Waals surface area contributed by atoms with E-state index in [0.29, 0.717) is 0 Å². The van der Waals surface area contributed by atoms with Crippen LogP contribution in [-0.4, -0.2) is 59.2 Å². The van der Waals surface area contributed by atoms with E-state index < -0.39 is 0 Å². The minimum atomic E-state index is 0.879. The molecule has 0 amide bonds. The SMILES string of the molecule is Cc1cc(N2CCCC2)nc(N2CCN(c3ncnc4c3CCC4)CC2)n1. The summed E-state index contributed by atoms with van der Waals surface area (Å²) in [5.74, 6) is 3.12. The summed E-state index contributed by atoms with van der Waals surface area (Å²) >= 11 is 0. The number of aryl methyl sites for hydroxylation is 2.